The average molecular weight is 246 g/mol. The van der Waals surface area contributed by atoms with Crippen molar-refractivity contribution >= 4 is 43.0 Å². The van der Waals surface area contributed by atoms with Gasteiger partial charge in [0.05, 0.1) is 10.4 Å². The van der Waals surface area contributed by atoms with E-state index in [4.69, 9.17) is 5.73 Å². The zero-order valence-electron chi connectivity index (χ0n) is 5.97. The number of nitrogen functional groups attached to an aromatic ring is 1. The van der Waals surface area contributed by atoms with Crippen LogP contribution in [0.4, 0.5) is 10.1 Å². The lowest BCUT2D eigenvalue weighted by molar-refractivity contribution is 0.644. The second-order valence-electron chi connectivity index (χ2n) is 2.42. The van der Waals surface area contributed by atoms with Gasteiger partial charge < -0.3 is 5.73 Å². The molecule has 1 aromatic heterocycles. The predicted molar refractivity (Wildman–Crippen MR) is 53.9 cm³/mol. The number of hydrogen-bond acceptors (Lipinski definition) is 2. The summed E-state index contributed by atoms with van der Waals surface area (Å²) in [6.45, 7) is 0. The van der Waals surface area contributed by atoms with Gasteiger partial charge in [-0.05, 0) is 33.4 Å². The van der Waals surface area contributed by atoms with Crippen molar-refractivity contribution in [2.45, 2.75) is 0 Å². The van der Waals surface area contributed by atoms with Crippen LogP contribution in [-0.4, -0.2) is 0 Å². The van der Waals surface area contributed by atoms with Gasteiger partial charge in [0.25, 0.3) is 0 Å². The fourth-order valence-electron chi connectivity index (χ4n) is 1.09. The molecular formula is C8H5BrFNS. The van der Waals surface area contributed by atoms with Crippen LogP contribution in [0.15, 0.2) is 22.0 Å². The lowest BCUT2D eigenvalue weighted by Gasteiger charge is -1.99. The van der Waals surface area contributed by atoms with Crippen LogP contribution >= 0.6 is 27.3 Å². The van der Waals surface area contributed by atoms with E-state index in [1.165, 1.54) is 11.3 Å². The number of thiophene rings is 1. The second kappa shape index (κ2) is 2.71. The van der Waals surface area contributed by atoms with Gasteiger partial charge >= 0.3 is 0 Å². The van der Waals surface area contributed by atoms with Crippen LogP contribution in [-0.2, 0) is 0 Å². The smallest absolute Gasteiger partial charge is 0.154 e. The van der Waals surface area contributed by atoms with Gasteiger partial charge in [-0.2, -0.15) is 0 Å². The molecule has 0 radical (unpaired) electrons. The van der Waals surface area contributed by atoms with Crippen molar-refractivity contribution in [3.05, 3.63) is 27.8 Å². The van der Waals surface area contributed by atoms with Crippen molar-refractivity contribution in [3.63, 3.8) is 0 Å². The molecule has 0 fully saturated rings. The van der Waals surface area contributed by atoms with Crippen molar-refractivity contribution in [1.29, 1.82) is 0 Å². The summed E-state index contributed by atoms with van der Waals surface area (Å²) in [6, 6.07) is 3.32. The SMILES string of the molecule is Nc1cc(Br)c2sccc2c1F. The highest BCUT2D eigenvalue weighted by Gasteiger charge is 2.08. The largest absolute Gasteiger partial charge is 0.396 e. The Balaban J connectivity index is 2.97. The number of fused-ring (bicyclic) bond motifs is 1. The van der Waals surface area contributed by atoms with Crippen LogP contribution in [0.3, 0.4) is 0 Å². The Morgan fingerprint density at radius 2 is 2.25 bits per heavy atom. The third kappa shape index (κ3) is 1.03. The van der Waals surface area contributed by atoms with Gasteiger partial charge in [0, 0.05) is 9.86 Å². The molecule has 0 atom stereocenters. The summed E-state index contributed by atoms with van der Waals surface area (Å²) in [7, 11) is 0. The molecule has 0 saturated carbocycles. The normalized spacial score (nSPS) is 10.8. The van der Waals surface area contributed by atoms with Crippen molar-refractivity contribution in [2.24, 2.45) is 0 Å². The maximum absolute atomic E-state index is 13.3. The van der Waals surface area contributed by atoms with Crippen molar-refractivity contribution in [3.8, 4) is 0 Å². The van der Waals surface area contributed by atoms with Gasteiger partial charge in [0.15, 0.2) is 5.82 Å². The Kier molecular flexibility index (Phi) is 1.81. The van der Waals surface area contributed by atoms with E-state index in [1.54, 1.807) is 12.1 Å². The Morgan fingerprint density at radius 1 is 1.50 bits per heavy atom. The van der Waals surface area contributed by atoms with E-state index in [-0.39, 0.29) is 11.5 Å². The number of rotatable bonds is 0. The molecule has 1 heterocycles. The van der Waals surface area contributed by atoms with Gasteiger partial charge in [-0.1, -0.05) is 0 Å². The summed E-state index contributed by atoms with van der Waals surface area (Å²) >= 11 is 4.82. The molecule has 62 valence electrons. The van der Waals surface area contributed by atoms with Crippen LogP contribution in [0, 0.1) is 5.82 Å². The number of halogens is 2. The first-order valence-electron chi connectivity index (χ1n) is 3.31. The lowest BCUT2D eigenvalue weighted by atomic mass is 10.2. The summed E-state index contributed by atoms with van der Waals surface area (Å²) in [6.07, 6.45) is 0. The molecule has 0 aliphatic heterocycles. The molecule has 0 spiro atoms. The number of nitrogens with two attached hydrogens (primary N) is 1. The van der Waals surface area contributed by atoms with E-state index in [1.807, 2.05) is 5.38 Å². The van der Waals surface area contributed by atoms with Crippen molar-refractivity contribution in [2.75, 3.05) is 5.73 Å². The number of hydrogen-bond donors (Lipinski definition) is 1. The van der Waals surface area contributed by atoms with E-state index in [0.29, 0.717) is 5.39 Å². The lowest BCUT2D eigenvalue weighted by Crippen LogP contribution is -1.90. The molecule has 0 bridgehead atoms. The highest BCUT2D eigenvalue weighted by molar-refractivity contribution is 9.10. The Labute approximate surface area is 81.1 Å². The average Bonchev–Trinajstić information content (AvgIpc) is 2.48. The third-order valence-corrected chi connectivity index (χ3v) is 3.49. The first kappa shape index (κ1) is 8.01. The number of benzene rings is 1. The molecule has 0 unspecified atom stereocenters. The van der Waals surface area contributed by atoms with Gasteiger partial charge in [-0.15, -0.1) is 11.3 Å². The molecule has 0 aliphatic rings. The minimum atomic E-state index is -0.325. The van der Waals surface area contributed by atoms with E-state index >= 15 is 0 Å². The summed E-state index contributed by atoms with van der Waals surface area (Å²) in [5, 5.41) is 2.43. The Morgan fingerprint density at radius 3 is 3.00 bits per heavy atom. The predicted octanol–water partition coefficient (Wildman–Crippen LogP) is 3.39. The topological polar surface area (TPSA) is 26.0 Å². The summed E-state index contributed by atoms with van der Waals surface area (Å²) in [4.78, 5) is 0. The number of anilines is 1. The summed E-state index contributed by atoms with van der Waals surface area (Å²) in [5.74, 6) is -0.325. The van der Waals surface area contributed by atoms with Crippen LogP contribution in [0.5, 0.6) is 0 Å². The van der Waals surface area contributed by atoms with Crippen molar-refractivity contribution < 1.29 is 4.39 Å². The molecule has 2 rings (SSSR count). The highest BCUT2D eigenvalue weighted by Crippen LogP contribution is 2.33. The van der Waals surface area contributed by atoms with E-state index in [9.17, 15) is 4.39 Å². The molecule has 2 aromatic rings. The molecule has 4 heteroatoms. The van der Waals surface area contributed by atoms with Gasteiger partial charge in [0.1, 0.15) is 0 Å². The van der Waals surface area contributed by atoms with Crippen LogP contribution in [0.25, 0.3) is 10.1 Å². The Hall–Kier alpha value is -0.610. The van der Waals surface area contributed by atoms with Crippen LogP contribution in [0.2, 0.25) is 0 Å². The standard InChI is InChI=1S/C8H5BrFNS/c9-5-3-6(11)7(10)4-1-2-12-8(4)5/h1-3H,11H2. The minimum absolute atomic E-state index is 0.188. The zero-order chi connectivity index (χ0) is 8.72. The van der Waals surface area contributed by atoms with Crippen molar-refractivity contribution in [1.82, 2.24) is 0 Å². The summed E-state index contributed by atoms with van der Waals surface area (Å²) < 4.78 is 15.0. The molecule has 1 nitrogen and oxygen atoms in total. The van der Waals surface area contributed by atoms with Crippen LogP contribution < -0.4 is 5.73 Å². The second-order valence-corrected chi connectivity index (χ2v) is 4.20. The Bertz CT molecular complexity index is 438. The zero-order valence-corrected chi connectivity index (χ0v) is 8.38. The molecule has 1 aromatic carbocycles. The first-order chi connectivity index (χ1) is 5.70. The first-order valence-corrected chi connectivity index (χ1v) is 4.98. The fraction of sp³-hybridized carbons (Fsp3) is 0. The maximum atomic E-state index is 13.3. The van der Waals surface area contributed by atoms with E-state index in [0.717, 1.165) is 9.17 Å². The van der Waals surface area contributed by atoms with E-state index in [2.05, 4.69) is 15.9 Å². The molecule has 12 heavy (non-hydrogen) atoms. The third-order valence-electron chi connectivity index (χ3n) is 1.65. The minimum Gasteiger partial charge on any atom is -0.396 e. The van der Waals surface area contributed by atoms with Gasteiger partial charge in [0.2, 0.25) is 0 Å². The molecule has 0 saturated heterocycles. The highest BCUT2D eigenvalue weighted by atomic mass is 79.9. The molecule has 2 N–H and O–H groups in total. The van der Waals surface area contributed by atoms with Gasteiger partial charge in [-0.3, -0.25) is 0 Å². The quantitative estimate of drug-likeness (QED) is 0.708. The molecule has 0 aliphatic carbocycles. The maximum Gasteiger partial charge on any atom is 0.154 e. The monoisotopic (exact) mass is 245 g/mol. The fourth-order valence-corrected chi connectivity index (χ4v) is 2.62. The molecule has 0 amide bonds. The summed E-state index contributed by atoms with van der Waals surface area (Å²) in [5.41, 5.74) is 5.63. The van der Waals surface area contributed by atoms with Crippen LogP contribution in [0.1, 0.15) is 0 Å². The van der Waals surface area contributed by atoms with Gasteiger partial charge in [-0.25, -0.2) is 4.39 Å². The van der Waals surface area contributed by atoms with E-state index < -0.39 is 0 Å². The molecular weight excluding hydrogens is 241 g/mol.